The maximum absolute atomic E-state index is 12.5. The maximum atomic E-state index is 12.5. The molecule has 7 heteroatoms. The summed E-state index contributed by atoms with van der Waals surface area (Å²) >= 11 is 1.49. The summed E-state index contributed by atoms with van der Waals surface area (Å²) in [5.41, 5.74) is 2.05. The number of thioether (sulfide) groups is 1. The fraction of sp³-hybridized carbons (Fsp3) is 0.310. The molecule has 1 atom stereocenters. The maximum Gasteiger partial charge on any atom is 0.407 e. The normalized spacial score (nSPS) is 11.9. The molecule has 0 heterocycles. The minimum atomic E-state index is -0.600. The molecule has 0 saturated heterocycles. The van der Waals surface area contributed by atoms with E-state index in [9.17, 15) is 9.59 Å². The number of rotatable bonds is 10. The van der Waals surface area contributed by atoms with Crippen LogP contribution < -0.4 is 10.1 Å². The van der Waals surface area contributed by atoms with Crippen LogP contribution in [0.1, 0.15) is 42.3 Å². The minimum absolute atomic E-state index is 0.230. The van der Waals surface area contributed by atoms with E-state index in [2.05, 4.69) is 5.32 Å². The molecule has 3 rings (SSSR count). The average Bonchev–Trinajstić information content (AvgIpc) is 2.86. The molecule has 0 bridgehead atoms. The zero-order chi connectivity index (χ0) is 26.0. The molecule has 3 aromatic rings. The SMILES string of the molecule is COC(=O)c1ccccc1SC[C@H](Cc1ccc(OCc2ccccc2)cc1)NC(=O)OC(C)(C)C. The Labute approximate surface area is 217 Å². The zero-order valence-electron chi connectivity index (χ0n) is 21.2. The van der Waals surface area contributed by atoms with Gasteiger partial charge in [-0.1, -0.05) is 54.6 Å². The number of carbonyl (C=O) groups excluding carboxylic acids is 2. The Kier molecular flexibility index (Phi) is 9.82. The zero-order valence-corrected chi connectivity index (χ0v) is 22.0. The van der Waals surface area contributed by atoms with Crippen LogP contribution in [0.25, 0.3) is 0 Å². The molecular weight excluding hydrogens is 474 g/mol. The Balaban J connectivity index is 1.67. The second kappa shape index (κ2) is 13.0. The van der Waals surface area contributed by atoms with Crippen LogP contribution in [0.3, 0.4) is 0 Å². The Hall–Kier alpha value is -3.45. The predicted octanol–water partition coefficient (Wildman–Crippen LogP) is 6.28. The van der Waals surface area contributed by atoms with Crippen molar-refractivity contribution in [2.24, 2.45) is 0 Å². The van der Waals surface area contributed by atoms with Gasteiger partial charge in [0.05, 0.1) is 12.7 Å². The Bertz CT molecular complexity index is 1130. The van der Waals surface area contributed by atoms with Crippen molar-refractivity contribution in [1.82, 2.24) is 5.32 Å². The summed E-state index contributed by atoms with van der Waals surface area (Å²) in [4.78, 5) is 25.5. The van der Waals surface area contributed by atoms with E-state index in [0.29, 0.717) is 24.3 Å². The first kappa shape index (κ1) is 27.1. The molecule has 1 N–H and O–H groups in total. The molecular formula is C29H33NO5S. The second-order valence-electron chi connectivity index (χ2n) is 9.26. The Morgan fingerprint density at radius 3 is 2.22 bits per heavy atom. The lowest BCUT2D eigenvalue weighted by Crippen LogP contribution is -2.41. The van der Waals surface area contributed by atoms with Crippen molar-refractivity contribution in [1.29, 1.82) is 0 Å². The van der Waals surface area contributed by atoms with Crippen molar-refractivity contribution in [3.63, 3.8) is 0 Å². The van der Waals surface area contributed by atoms with E-state index in [1.54, 1.807) is 12.1 Å². The number of hydrogen-bond acceptors (Lipinski definition) is 6. The van der Waals surface area contributed by atoms with Crippen LogP contribution in [0.2, 0.25) is 0 Å². The molecule has 190 valence electrons. The summed E-state index contributed by atoms with van der Waals surface area (Å²) in [5.74, 6) is 0.931. The van der Waals surface area contributed by atoms with Gasteiger partial charge in [0.1, 0.15) is 18.0 Å². The van der Waals surface area contributed by atoms with Crippen LogP contribution in [0.15, 0.2) is 83.8 Å². The number of ether oxygens (including phenoxy) is 3. The summed E-state index contributed by atoms with van der Waals surface area (Å²) in [7, 11) is 1.36. The molecule has 36 heavy (non-hydrogen) atoms. The molecule has 0 radical (unpaired) electrons. The minimum Gasteiger partial charge on any atom is -0.489 e. The van der Waals surface area contributed by atoms with Gasteiger partial charge in [0.2, 0.25) is 0 Å². The van der Waals surface area contributed by atoms with Gasteiger partial charge < -0.3 is 19.5 Å². The molecule has 3 aromatic carbocycles. The first-order valence-electron chi connectivity index (χ1n) is 11.8. The monoisotopic (exact) mass is 507 g/mol. The van der Waals surface area contributed by atoms with E-state index in [4.69, 9.17) is 14.2 Å². The standard InChI is InChI=1S/C29H33NO5S/c1-29(2,3)35-28(32)30-23(20-36-26-13-9-8-12-25(26)27(31)33-4)18-21-14-16-24(17-15-21)34-19-22-10-6-5-7-11-22/h5-17,23H,18-20H2,1-4H3,(H,30,32)/t23-/m0/s1. The highest BCUT2D eigenvalue weighted by Crippen LogP contribution is 2.25. The molecule has 0 aliphatic heterocycles. The molecule has 1 amide bonds. The van der Waals surface area contributed by atoms with Crippen LogP contribution in [0, 0.1) is 0 Å². The van der Waals surface area contributed by atoms with E-state index in [-0.39, 0.29) is 12.0 Å². The van der Waals surface area contributed by atoms with Crippen molar-refractivity contribution >= 4 is 23.8 Å². The van der Waals surface area contributed by atoms with Gasteiger partial charge in [0, 0.05) is 16.7 Å². The van der Waals surface area contributed by atoms with Crippen molar-refractivity contribution in [2.45, 2.75) is 50.3 Å². The summed E-state index contributed by atoms with van der Waals surface area (Å²) in [6, 6.07) is 24.9. The lowest BCUT2D eigenvalue weighted by atomic mass is 10.1. The van der Waals surface area contributed by atoms with Crippen molar-refractivity contribution < 1.29 is 23.8 Å². The molecule has 0 aliphatic carbocycles. The van der Waals surface area contributed by atoms with Gasteiger partial charge in [-0.3, -0.25) is 0 Å². The summed E-state index contributed by atoms with van der Waals surface area (Å²) in [6.45, 7) is 5.99. The van der Waals surface area contributed by atoms with Gasteiger partial charge in [-0.05, 0) is 62.6 Å². The van der Waals surface area contributed by atoms with Crippen molar-refractivity contribution in [3.05, 3.63) is 95.6 Å². The first-order chi connectivity index (χ1) is 17.2. The van der Waals surface area contributed by atoms with Gasteiger partial charge in [-0.2, -0.15) is 0 Å². The van der Waals surface area contributed by atoms with Gasteiger partial charge in [0.25, 0.3) is 0 Å². The number of alkyl carbamates (subject to hydrolysis) is 1. The molecule has 0 unspecified atom stereocenters. The van der Waals surface area contributed by atoms with Gasteiger partial charge in [0.15, 0.2) is 0 Å². The molecule has 0 saturated carbocycles. The van der Waals surface area contributed by atoms with Crippen molar-refractivity contribution in [3.8, 4) is 5.75 Å². The summed E-state index contributed by atoms with van der Waals surface area (Å²) < 4.78 is 16.3. The third kappa shape index (κ3) is 8.96. The highest BCUT2D eigenvalue weighted by Gasteiger charge is 2.21. The van der Waals surface area contributed by atoms with E-state index < -0.39 is 11.7 Å². The number of methoxy groups -OCH3 is 1. The molecule has 0 fully saturated rings. The smallest absolute Gasteiger partial charge is 0.407 e. The van der Waals surface area contributed by atoms with Crippen molar-refractivity contribution in [2.75, 3.05) is 12.9 Å². The van der Waals surface area contributed by atoms with Gasteiger partial charge >= 0.3 is 12.1 Å². The van der Waals surface area contributed by atoms with Crippen LogP contribution in [0.4, 0.5) is 4.79 Å². The third-order valence-electron chi connectivity index (χ3n) is 5.11. The molecule has 0 spiro atoms. The number of esters is 1. The number of carbonyl (C=O) groups is 2. The van der Waals surface area contributed by atoms with Crippen LogP contribution >= 0.6 is 11.8 Å². The van der Waals surface area contributed by atoms with Crippen LogP contribution in [0.5, 0.6) is 5.75 Å². The molecule has 0 aliphatic rings. The lowest BCUT2D eigenvalue weighted by molar-refractivity contribution is 0.0508. The number of amides is 1. The fourth-order valence-electron chi connectivity index (χ4n) is 3.43. The Morgan fingerprint density at radius 1 is 0.889 bits per heavy atom. The largest absolute Gasteiger partial charge is 0.489 e. The Morgan fingerprint density at radius 2 is 1.56 bits per heavy atom. The van der Waals surface area contributed by atoms with E-state index in [1.807, 2.05) is 87.5 Å². The van der Waals surface area contributed by atoms with E-state index in [1.165, 1.54) is 18.9 Å². The second-order valence-corrected chi connectivity index (χ2v) is 10.3. The first-order valence-corrected chi connectivity index (χ1v) is 12.8. The molecule has 0 aromatic heterocycles. The predicted molar refractivity (Wildman–Crippen MR) is 143 cm³/mol. The fourth-order valence-corrected chi connectivity index (χ4v) is 4.50. The van der Waals surface area contributed by atoms with Gasteiger partial charge in [-0.15, -0.1) is 11.8 Å². The molecule has 6 nitrogen and oxygen atoms in total. The van der Waals surface area contributed by atoms with E-state index >= 15 is 0 Å². The highest BCUT2D eigenvalue weighted by molar-refractivity contribution is 7.99. The van der Waals surface area contributed by atoms with E-state index in [0.717, 1.165) is 21.8 Å². The topological polar surface area (TPSA) is 73.9 Å². The number of nitrogens with one attached hydrogen (secondary N) is 1. The van der Waals surface area contributed by atoms with Gasteiger partial charge in [-0.25, -0.2) is 9.59 Å². The van der Waals surface area contributed by atoms with Crippen LogP contribution in [-0.4, -0.2) is 36.6 Å². The average molecular weight is 508 g/mol. The summed E-state index contributed by atoms with van der Waals surface area (Å²) in [6.07, 6.45) is 0.114. The third-order valence-corrected chi connectivity index (χ3v) is 6.34. The number of hydrogen-bond donors (Lipinski definition) is 1. The quantitative estimate of drug-likeness (QED) is 0.257. The summed E-state index contributed by atoms with van der Waals surface area (Å²) in [5, 5.41) is 2.99. The number of benzene rings is 3. The lowest BCUT2D eigenvalue weighted by Gasteiger charge is -2.24. The van der Waals surface area contributed by atoms with Crippen LogP contribution in [-0.2, 0) is 22.5 Å². The highest BCUT2D eigenvalue weighted by atomic mass is 32.2.